The molecule has 0 unspecified atom stereocenters. The Kier molecular flexibility index (Phi) is 2.17. The summed E-state index contributed by atoms with van der Waals surface area (Å²) in [6, 6.07) is 0. The van der Waals surface area contributed by atoms with Gasteiger partial charge in [0.25, 0.3) is 0 Å². The van der Waals surface area contributed by atoms with Crippen molar-refractivity contribution in [3.05, 3.63) is 0 Å². The maximum absolute atomic E-state index is 11.6. The summed E-state index contributed by atoms with van der Waals surface area (Å²) in [5.41, 5.74) is 0. The van der Waals surface area contributed by atoms with E-state index in [0.29, 0.717) is 0 Å². The van der Waals surface area contributed by atoms with E-state index in [1.807, 2.05) is 0 Å². The highest BCUT2D eigenvalue weighted by atomic mass is 19.4. The highest BCUT2D eigenvalue weighted by Gasteiger charge is 2.65. The van der Waals surface area contributed by atoms with Crippen molar-refractivity contribution in [3.63, 3.8) is 0 Å². The van der Waals surface area contributed by atoms with Gasteiger partial charge >= 0.3 is 12.6 Å². The van der Waals surface area contributed by atoms with Crippen LogP contribution < -0.4 is 0 Å². The first kappa shape index (κ1) is 10.5. The molecule has 0 saturated heterocycles. The van der Waals surface area contributed by atoms with Gasteiger partial charge in [-0.3, -0.25) is 0 Å². The van der Waals surface area contributed by atoms with Gasteiger partial charge in [0.1, 0.15) is 0 Å². The van der Waals surface area contributed by atoms with Gasteiger partial charge in [0.15, 0.2) is 0 Å². The number of quaternary nitrogens is 1. The summed E-state index contributed by atoms with van der Waals surface area (Å²) in [5.74, 6) is 0. The van der Waals surface area contributed by atoms with Crippen LogP contribution in [0.5, 0.6) is 0 Å². The van der Waals surface area contributed by atoms with E-state index in [1.54, 1.807) is 0 Å². The van der Waals surface area contributed by atoms with Crippen LogP contribution in [-0.4, -0.2) is 31.2 Å². The Hall–Kier alpha value is -0.460. The minimum absolute atomic E-state index is 0.0417. The van der Waals surface area contributed by atoms with Crippen LogP contribution in [0.4, 0.5) is 26.3 Å². The van der Waals surface area contributed by atoms with Crippen molar-refractivity contribution < 1.29 is 30.8 Å². The molecule has 0 N–H and O–H groups in total. The number of rotatable bonds is 0. The molecular weight excluding hydrogens is 176 g/mol. The first-order chi connectivity index (χ1) is 4.50. The molecule has 11 heavy (non-hydrogen) atoms. The van der Waals surface area contributed by atoms with Crippen molar-refractivity contribution in [1.82, 2.24) is 0 Å². The number of halogens is 6. The van der Waals surface area contributed by atoms with E-state index in [9.17, 15) is 26.3 Å². The Morgan fingerprint density at radius 3 is 0.909 bits per heavy atom. The van der Waals surface area contributed by atoms with Gasteiger partial charge in [-0.1, -0.05) is 0 Å². The Labute approximate surface area is 58.8 Å². The van der Waals surface area contributed by atoms with Crippen LogP contribution in [0.25, 0.3) is 0 Å². The Balaban J connectivity index is 4.75. The van der Waals surface area contributed by atoms with Crippen LogP contribution in [0.15, 0.2) is 0 Å². The Morgan fingerprint density at radius 1 is 0.727 bits per heavy atom. The summed E-state index contributed by atoms with van der Waals surface area (Å²) < 4.78 is 66.5. The van der Waals surface area contributed by atoms with Crippen molar-refractivity contribution in [1.29, 1.82) is 0 Å². The van der Waals surface area contributed by atoms with Crippen molar-refractivity contribution in [2.75, 3.05) is 14.1 Å². The van der Waals surface area contributed by atoms with Gasteiger partial charge in [-0.15, -0.1) is 30.8 Å². The van der Waals surface area contributed by atoms with Crippen molar-refractivity contribution in [3.8, 4) is 0 Å². The molecule has 0 radical (unpaired) electrons. The molecule has 0 aliphatic heterocycles. The van der Waals surface area contributed by atoms with Crippen LogP contribution in [0.2, 0.25) is 0 Å². The zero-order valence-corrected chi connectivity index (χ0v) is 5.72. The predicted molar refractivity (Wildman–Crippen MR) is 24.2 cm³/mol. The number of nitrogens with zero attached hydrogens (tertiary/aromatic N) is 1. The third kappa shape index (κ3) is 1.76. The van der Waals surface area contributed by atoms with Gasteiger partial charge in [0.05, 0.1) is 14.1 Å². The minimum Gasteiger partial charge on any atom is -0.145 e. The van der Waals surface area contributed by atoms with Gasteiger partial charge in [0, 0.05) is 0 Å². The van der Waals surface area contributed by atoms with Crippen molar-refractivity contribution in [2.24, 2.45) is 0 Å². The van der Waals surface area contributed by atoms with E-state index in [2.05, 4.69) is 0 Å². The Morgan fingerprint density at radius 2 is 0.909 bits per heavy atom. The molecule has 0 aromatic rings. The average Bonchev–Trinajstić information content (AvgIpc) is 1.58. The normalized spacial score (nSPS) is 15.3. The van der Waals surface area contributed by atoms with E-state index < -0.39 is 17.1 Å². The third-order valence-electron chi connectivity index (χ3n) is 1.27. The highest BCUT2D eigenvalue weighted by Crippen LogP contribution is 2.38. The number of alkyl halides is 6. The topological polar surface area (TPSA) is 0 Å². The molecule has 0 aliphatic carbocycles. The van der Waals surface area contributed by atoms with Gasteiger partial charge in [-0.25, -0.2) is 0 Å². The summed E-state index contributed by atoms with van der Waals surface area (Å²) in [7, 11) is 0.0833. The molecule has 0 aliphatic rings. The molecule has 0 saturated carbocycles. The van der Waals surface area contributed by atoms with Crippen LogP contribution in [0, 0.1) is 0 Å². The largest absolute Gasteiger partial charge is 0.568 e. The van der Waals surface area contributed by atoms with E-state index in [1.165, 1.54) is 0 Å². The molecule has 0 heterocycles. The van der Waals surface area contributed by atoms with E-state index >= 15 is 0 Å². The second-order valence-corrected chi connectivity index (χ2v) is 2.39. The predicted octanol–water partition coefficient (Wildman–Crippen LogP) is 2.10. The summed E-state index contributed by atoms with van der Waals surface area (Å²) in [4.78, 5) is 0. The molecule has 68 valence electrons. The lowest BCUT2D eigenvalue weighted by atomic mass is 10.6. The van der Waals surface area contributed by atoms with Crippen LogP contribution in [0.3, 0.4) is 0 Å². The first-order valence-electron chi connectivity index (χ1n) is 2.48. The van der Waals surface area contributed by atoms with Gasteiger partial charge in [-0.2, -0.15) is 0 Å². The first-order valence-corrected chi connectivity index (χ1v) is 2.48. The van der Waals surface area contributed by atoms with E-state index in [4.69, 9.17) is 0 Å². The summed E-state index contributed by atoms with van der Waals surface area (Å²) in [6.45, 7) is 0. The zero-order chi connectivity index (χ0) is 9.50. The third-order valence-corrected chi connectivity index (χ3v) is 1.27. The number of hydrogen-bond acceptors (Lipinski definition) is 0. The average molecular weight is 182 g/mol. The quantitative estimate of drug-likeness (QED) is 0.305. The zero-order valence-electron chi connectivity index (χ0n) is 5.72. The van der Waals surface area contributed by atoms with Crippen LogP contribution in [-0.2, 0) is 0 Å². The maximum Gasteiger partial charge on any atom is 0.568 e. The van der Waals surface area contributed by atoms with E-state index in [-0.39, 0.29) is 14.1 Å². The molecule has 0 amide bonds. The van der Waals surface area contributed by atoms with E-state index in [0.717, 1.165) is 0 Å². The van der Waals surface area contributed by atoms with Crippen LogP contribution >= 0.6 is 0 Å². The lowest BCUT2D eigenvalue weighted by Gasteiger charge is -2.31. The lowest BCUT2D eigenvalue weighted by molar-refractivity contribution is -1.08. The fourth-order valence-electron chi connectivity index (χ4n) is 0.144. The molecule has 7 heteroatoms. The molecular formula is C4H6F6N+. The van der Waals surface area contributed by atoms with Gasteiger partial charge in [-0.05, 0) is 0 Å². The second kappa shape index (κ2) is 2.26. The fourth-order valence-corrected chi connectivity index (χ4v) is 0.144. The second-order valence-electron chi connectivity index (χ2n) is 2.39. The SMILES string of the molecule is C[N+](C)(C(F)(F)F)C(F)(F)F. The molecule has 0 rings (SSSR count). The molecule has 0 spiro atoms. The highest BCUT2D eigenvalue weighted by molar-refractivity contribution is 4.36. The molecule has 0 fully saturated rings. The standard InChI is InChI=1S/C4H6F6N/c1-11(2,3(5,6)7)4(8,9)10/h1-2H3/q+1. The molecule has 0 aromatic heterocycles. The molecule has 0 bridgehead atoms. The van der Waals surface area contributed by atoms with Crippen LogP contribution in [0.1, 0.15) is 0 Å². The summed E-state index contributed by atoms with van der Waals surface area (Å²) in [6.07, 6.45) is -10.6. The lowest BCUT2D eigenvalue weighted by Crippen LogP contribution is -2.60. The molecule has 1 nitrogen and oxygen atoms in total. The monoisotopic (exact) mass is 182 g/mol. The summed E-state index contributed by atoms with van der Waals surface area (Å²) in [5, 5.41) is 0. The Bertz CT molecular complexity index is 126. The number of hydrogen-bond donors (Lipinski definition) is 0. The minimum atomic E-state index is -5.31. The molecule has 0 aromatic carbocycles. The van der Waals surface area contributed by atoms with Gasteiger partial charge < -0.3 is 0 Å². The fraction of sp³-hybridized carbons (Fsp3) is 1.00. The van der Waals surface area contributed by atoms with Crippen molar-refractivity contribution >= 4 is 0 Å². The van der Waals surface area contributed by atoms with Gasteiger partial charge in [0.2, 0.25) is 0 Å². The maximum atomic E-state index is 11.6. The molecule has 0 atom stereocenters. The summed E-state index contributed by atoms with van der Waals surface area (Å²) >= 11 is 0. The smallest absolute Gasteiger partial charge is 0.145 e. The van der Waals surface area contributed by atoms with Crippen molar-refractivity contribution in [2.45, 2.75) is 12.6 Å².